The maximum atomic E-state index is 13.1. The molecule has 2 amide bonds. The highest BCUT2D eigenvalue weighted by atomic mass is 35.5. The van der Waals surface area contributed by atoms with E-state index in [0.717, 1.165) is 18.4 Å². The highest BCUT2D eigenvalue weighted by Gasteiger charge is 2.29. The van der Waals surface area contributed by atoms with Crippen LogP contribution < -0.4 is 10.1 Å². The summed E-state index contributed by atoms with van der Waals surface area (Å²) >= 11 is 18.3. The lowest BCUT2D eigenvalue weighted by molar-refractivity contribution is -0.143. The third-order valence-corrected chi connectivity index (χ3v) is 5.79. The topological polar surface area (TPSA) is 58.6 Å². The molecule has 1 N–H and O–H groups in total. The Morgan fingerprint density at radius 2 is 1.77 bits per heavy atom. The van der Waals surface area contributed by atoms with E-state index in [4.69, 9.17) is 39.5 Å². The van der Waals surface area contributed by atoms with Gasteiger partial charge in [0.05, 0.1) is 15.1 Å². The molecule has 0 saturated carbocycles. The second-order valence-corrected chi connectivity index (χ2v) is 8.28. The summed E-state index contributed by atoms with van der Waals surface area (Å²) < 4.78 is 5.63. The average molecular weight is 486 g/mol. The number of carbonyl (C=O) groups is 2. The number of nitrogens with zero attached hydrogens (tertiary/aromatic N) is 1. The molecule has 0 aromatic heterocycles. The molecule has 0 aliphatic carbocycles. The smallest absolute Gasteiger partial charge is 0.261 e. The van der Waals surface area contributed by atoms with Gasteiger partial charge in [0.15, 0.2) is 6.61 Å². The maximum Gasteiger partial charge on any atom is 0.261 e. The van der Waals surface area contributed by atoms with E-state index in [9.17, 15) is 9.59 Å². The van der Waals surface area contributed by atoms with E-state index in [1.54, 1.807) is 42.5 Å². The van der Waals surface area contributed by atoms with E-state index in [1.807, 2.05) is 6.92 Å². The van der Waals surface area contributed by atoms with E-state index in [-0.39, 0.29) is 25.0 Å². The molecule has 8 heteroatoms. The monoisotopic (exact) mass is 484 g/mol. The van der Waals surface area contributed by atoms with Gasteiger partial charge in [-0.15, -0.1) is 0 Å². The van der Waals surface area contributed by atoms with Crippen LogP contribution in [0, 0.1) is 0 Å². The van der Waals surface area contributed by atoms with Crippen LogP contribution in [0.15, 0.2) is 42.5 Å². The second-order valence-electron chi connectivity index (χ2n) is 7.06. The molecule has 5 nitrogen and oxygen atoms in total. The van der Waals surface area contributed by atoms with Crippen LogP contribution in [0.4, 0.5) is 0 Å². The van der Waals surface area contributed by atoms with Gasteiger partial charge in [-0.05, 0) is 42.7 Å². The summed E-state index contributed by atoms with van der Waals surface area (Å²) in [6.07, 6.45) is 2.30. The van der Waals surface area contributed by atoms with Crippen LogP contribution >= 0.6 is 34.8 Å². The van der Waals surface area contributed by atoms with Crippen LogP contribution in [-0.4, -0.2) is 35.9 Å². The Bertz CT molecular complexity index is 892. The van der Waals surface area contributed by atoms with Crippen LogP contribution in [0.2, 0.25) is 15.1 Å². The number of benzene rings is 2. The molecule has 2 rings (SSSR count). The van der Waals surface area contributed by atoms with Gasteiger partial charge in [-0.3, -0.25) is 9.59 Å². The molecular formula is C23H27Cl3N2O3. The molecule has 0 aliphatic heterocycles. The predicted octanol–water partition coefficient (Wildman–Crippen LogP) is 5.75. The number of nitrogens with one attached hydrogen (secondary N) is 1. The van der Waals surface area contributed by atoms with Crippen molar-refractivity contribution in [2.75, 3.05) is 13.2 Å². The van der Waals surface area contributed by atoms with Gasteiger partial charge in [0.2, 0.25) is 5.91 Å². The summed E-state index contributed by atoms with van der Waals surface area (Å²) in [7, 11) is 0. The maximum absolute atomic E-state index is 13.1. The number of halogens is 3. The summed E-state index contributed by atoms with van der Waals surface area (Å²) in [5.41, 5.74) is 0.764. The summed E-state index contributed by atoms with van der Waals surface area (Å²) in [5, 5.41) is 4.14. The van der Waals surface area contributed by atoms with Crippen molar-refractivity contribution in [3.8, 4) is 5.75 Å². The normalized spacial score (nSPS) is 11.6. The largest absolute Gasteiger partial charge is 0.482 e. The predicted molar refractivity (Wildman–Crippen MR) is 126 cm³/mol. The fourth-order valence-electron chi connectivity index (χ4n) is 3.04. The van der Waals surface area contributed by atoms with Crippen molar-refractivity contribution in [2.45, 2.75) is 45.7 Å². The van der Waals surface area contributed by atoms with Crippen LogP contribution in [0.3, 0.4) is 0 Å². The van der Waals surface area contributed by atoms with E-state index >= 15 is 0 Å². The van der Waals surface area contributed by atoms with E-state index in [1.165, 1.54) is 4.90 Å². The molecule has 31 heavy (non-hydrogen) atoms. The van der Waals surface area contributed by atoms with Crippen LogP contribution in [-0.2, 0) is 16.1 Å². The van der Waals surface area contributed by atoms with Crippen molar-refractivity contribution in [1.29, 1.82) is 0 Å². The molecule has 0 radical (unpaired) electrons. The van der Waals surface area contributed by atoms with Gasteiger partial charge in [0.25, 0.3) is 5.91 Å². The third-order valence-electron chi connectivity index (χ3n) is 4.74. The summed E-state index contributed by atoms with van der Waals surface area (Å²) in [5.74, 6) is -0.113. The van der Waals surface area contributed by atoms with Crippen molar-refractivity contribution in [1.82, 2.24) is 10.2 Å². The fourth-order valence-corrected chi connectivity index (χ4v) is 3.56. The van der Waals surface area contributed by atoms with Gasteiger partial charge in [-0.1, -0.05) is 73.3 Å². The summed E-state index contributed by atoms with van der Waals surface area (Å²) in [6, 6.07) is 11.4. The lowest BCUT2D eigenvalue weighted by Crippen LogP contribution is -2.50. The number of unbranched alkanes of at least 4 members (excludes halogenated alkanes) is 1. The number of carbonyl (C=O) groups excluding carboxylic acids is 2. The highest BCUT2D eigenvalue weighted by Crippen LogP contribution is 2.25. The molecule has 0 fully saturated rings. The number of amides is 2. The number of hydrogen-bond donors (Lipinski definition) is 1. The molecule has 0 saturated heterocycles. The first-order chi connectivity index (χ1) is 14.9. The first-order valence-corrected chi connectivity index (χ1v) is 11.4. The first kappa shape index (κ1) is 25.3. The molecule has 2 aromatic rings. The summed E-state index contributed by atoms with van der Waals surface area (Å²) in [6.45, 7) is 4.44. The SMILES string of the molecule is CCCCNC(=O)[C@H](CC)N(Cc1ccc(Cl)c(Cl)c1)C(=O)COc1ccccc1Cl. The number of para-hydroxylation sites is 1. The molecule has 0 unspecified atom stereocenters. The Morgan fingerprint density at radius 1 is 1.03 bits per heavy atom. The quantitative estimate of drug-likeness (QED) is 0.412. The lowest BCUT2D eigenvalue weighted by Gasteiger charge is -2.30. The van der Waals surface area contributed by atoms with E-state index in [2.05, 4.69) is 12.2 Å². The van der Waals surface area contributed by atoms with Crippen LogP contribution in [0.25, 0.3) is 0 Å². The molecule has 0 bridgehead atoms. The zero-order chi connectivity index (χ0) is 22.8. The first-order valence-electron chi connectivity index (χ1n) is 10.3. The minimum atomic E-state index is -0.645. The molecule has 2 aromatic carbocycles. The number of rotatable bonds is 11. The zero-order valence-corrected chi connectivity index (χ0v) is 19.9. The standard InChI is InChI=1S/C23H27Cl3N2O3/c1-3-5-12-27-23(30)20(4-2)28(14-16-10-11-17(24)19(26)13-16)22(29)15-31-21-9-7-6-8-18(21)25/h6-11,13,20H,3-5,12,14-15H2,1-2H3,(H,27,30)/t20-/m0/s1. The zero-order valence-electron chi connectivity index (χ0n) is 17.7. The Morgan fingerprint density at radius 3 is 2.42 bits per heavy atom. The van der Waals surface area contributed by atoms with E-state index < -0.39 is 6.04 Å². The average Bonchev–Trinajstić information content (AvgIpc) is 2.75. The van der Waals surface area contributed by atoms with Crippen molar-refractivity contribution >= 4 is 46.6 Å². The molecule has 0 aliphatic rings. The van der Waals surface area contributed by atoms with Crippen molar-refractivity contribution < 1.29 is 14.3 Å². The number of ether oxygens (including phenoxy) is 1. The molecule has 0 spiro atoms. The summed E-state index contributed by atoms with van der Waals surface area (Å²) in [4.78, 5) is 27.5. The Hall–Kier alpha value is -1.95. The molecule has 168 valence electrons. The van der Waals surface area contributed by atoms with Crippen LogP contribution in [0.1, 0.15) is 38.7 Å². The minimum Gasteiger partial charge on any atom is -0.482 e. The van der Waals surface area contributed by atoms with E-state index in [0.29, 0.717) is 33.8 Å². The van der Waals surface area contributed by atoms with Crippen molar-refractivity contribution in [3.05, 3.63) is 63.1 Å². The fraction of sp³-hybridized carbons (Fsp3) is 0.391. The van der Waals surface area contributed by atoms with Crippen molar-refractivity contribution in [3.63, 3.8) is 0 Å². The van der Waals surface area contributed by atoms with Gasteiger partial charge < -0.3 is 15.0 Å². The number of hydrogen-bond acceptors (Lipinski definition) is 3. The molecule has 1 atom stereocenters. The van der Waals surface area contributed by atoms with Gasteiger partial charge in [-0.2, -0.15) is 0 Å². The Labute approximate surface area is 198 Å². The van der Waals surface area contributed by atoms with Gasteiger partial charge in [0.1, 0.15) is 11.8 Å². The third kappa shape index (κ3) is 7.60. The van der Waals surface area contributed by atoms with Gasteiger partial charge in [0, 0.05) is 13.1 Å². The van der Waals surface area contributed by atoms with Crippen molar-refractivity contribution in [2.24, 2.45) is 0 Å². The lowest BCUT2D eigenvalue weighted by atomic mass is 10.1. The van der Waals surface area contributed by atoms with Gasteiger partial charge >= 0.3 is 0 Å². The van der Waals surface area contributed by atoms with Gasteiger partial charge in [-0.25, -0.2) is 0 Å². The van der Waals surface area contributed by atoms with Crippen LogP contribution in [0.5, 0.6) is 5.75 Å². The Kier molecular flexibility index (Phi) is 10.4. The highest BCUT2D eigenvalue weighted by molar-refractivity contribution is 6.42. The Balaban J connectivity index is 2.22. The molecular weight excluding hydrogens is 459 g/mol. The molecule has 0 heterocycles. The second kappa shape index (κ2) is 12.8. The minimum absolute atomic E-state index is 0.192.